The summed E-state index contributed by atoms with van der Waals surface area (Å²) in [5.74, 6) is -0.217. The molecule has 14 heavy (non-hydrogen) atoms. The summed E-state index contributed by atoms with van der Waals surface area (Å²) < 4.78 is 0.625. The summed E-state index contributed by atoms with van der Waals surface area (Å²) in [4.78, 5) is 11.2. The highest BCUT2D eigenvalue weighted by molar-refractivity contribution is 5.93. The molecular weight excluding hydrogens is 206 g/mol. The summed E-state index contributed by atoms with van der Waals surface area (Å²) >= 11 is 0. The highest BCUT2D eigenvalue weighted by atomic mass is 35.5. The highest BCUT2D eigenvalue weighted by Gasteiger charge is 2.04. The Morgan fingerprint density at radius 3 is 2.57 bits per heavy atom. The summed E-state index contributed by atoms with van der Waals surface area (Å²) in [6.45, 7) is 0.839. The lowest BCUT2D eigenvalue weighted by Crippen LogP contribution is -2.30. The number of aromatic nitrogens is 1. The quantitative estimate of drug-likeness (QED) is 0.526. The zero-order valence-corrected chi connectivity index (χ0v) is 8.29. The van der Waals surface area contributed by atoms with Gasteiger partial charge in [0, 0.05) is 25.2 Å². The third kappa shape index (κ3) is 3.59. The van der Waals surface area contributed by atoms with E-state index in [1.54, 1.807) is 0 Å². The van der Waals surface area contributed by atoms with Gasteiger partial charge in [-0.15, -0.1) is 12.4 Å². The maximum atomic E-state index is 11.2. The lowest BCUT2D eigenvalue weighted by atomic mass is 10.2. The van der Waals surface area contributed by atoms with E-state index in [-0.39, 0.29) is 18.3 Å². The number of amides is 1. The summed E-state index contributed by atoms with van der Waals surface area (Å²) in [5, 5.41) is 13.2. The minimum absolute atomic E-state index is 0. The van der Waals surface area contributed by atoms with Crippen molar-refractivity contribution in [3.05, 3.63) is 35.3 Å². The van der Waals surface area contributed by atoms with Crippen LogP contribution in [0.25, 0.3) is 0 Å². The summed E-state index contributed by atoms with van der Waals surface area (Å²) in [6.07, 6.45) is 2.55. The second-order valence-corrected chi connectivity index (χ2v) is 2.49. The fourth-order valence-electron chi connectivity index (χ4n) is 0.852. The van der Waals surface area contributed by atoms with Crippen molar-refractivity contribution in [2.24, 2.45) is 5.73 Å². The first-order valence-corrected chi connectivity index (χ1v) is 3.91. The van der Waals surface area contributed by atoms with E-state index in [1.165, 1.54) is 24.5 Å². The molecule has 0 spiro atoms. The first-order valence-electron chi connectivity index (χ1n) is 3.91. The minimum atomic E-state index is -0.217. The molecule has 1 rings (SSSR count). The average molecular weight is 218 g/mol. The van der Waals surface area contributed by atoms with Crippen LogP contribution in [-0.4, -0.2) is 19.0 Å². The molecular formula is C8H12ClN3O2. The molecule has 0 fully saturated rings. The number of hydrogen-bond donors (Lipinski definition) is 2. The number of nitrogens with one attached hydrogen (secondary N) is 1. The van der Waals surface area contributed by atoms with Gasteiger partial charge in [0.05, 0.1) is 5.56 Å². The Hall–Kier alpha value is -1.33. The summed E-state index contributed by atoms with van der Waals surface area (Å²) in [5.41, 5.74) is 5.67. The highest BCUT2D eigenvalue weighted by Crippen LogP contribution is 1.93. The molecule has 0 saturated heterocycles. The number of carbonyl (C=O) groups is 1. The van der Waals surface area contributed by atoms with Crippen LogP contribution in [0, 0.1) is 5.21 Å². The van der Waals surface area contributed by atoms with Gasteiger partial charge in [0.25, 0.3) is 5.91 Å². The predicted molar refractivity (Wildman–Crippen MR) is 54.0 cm³/mol. The standard InChI is InChI=1S/C8H11N3O2.ClH/c9-3-4-10-8(12)7-1-5-11(13)6-2-7;/h1-2,5-6H,3-4,9H2,(H,10,12);1H. The number of nitrogens with two attached hydrogens (primary N) is 1. The maximum absolute atomic E-state index is 11.2. The molecule has 0 radical (unpaired) electrons. The van der Waals surface area contributed by atoms with E-state index in [9.17, 15) is 10.0 Å². The van der Waals surface area contributed by atoms with Crippen molar-refractivity contribution in [3.8, 4) is 0 Å². The molecule has 0 aromatic carbocycles. The molecule has 78 valence electrons. The molecule has 5 nitrogen and oxygen atoms in total. The van der Waals surface area contributed by atoms with Crippen LogP contribution in [0.15, 0.2) is 24.5 Å². The van der Waals surface area contributed by atoms with E-state index < -0.39 is 0 Å². The first kappa shape index (κ1) is 12.7. The Morgan fingerprint density at radius 1 is 1.50 bits per heavy atom. The van der Waals surface area contributed by atoms with Crippen LogP contribution in [0.1, 0.15) is 10.4 Å². The molecule has 0 saturated carbocycles. The van der Waals surface area contributed by atoms with E-state index in [2.05, 4.69) is 5.32 Å². The van der Waals surface area contributed by atoms with Gasteiger partial charge >= 0.3 is 0 Å². The van der Waals surface area contributed by atoms with E-state index in [4.69, 9.17) is 5.73 Å². The predicted octanol–water partition coefficient (Wildman–Crippen LogP) is -0.570. The molecule has 1 heterocycles. The van der Waals surface area contributed by atoms with Crippen LogP contribution in [0.4, 0.5) is 0 Å². The monoisotopic (exact) mass is 217 g/mol. The van der Waals surface area contributed by atoms with E-state index in [0.29, 0.717) is 23.4 Å². The number of hydrogen-bond acceptors (Lipinski definition) is 3. The van der Waals surface area contributed by atoms with Gasteiger partial charge in [-0.2, -0.15) is 4.73 Å². The third-order valence-corrected chi connectivity index (χ3v) is 1.49. The number of rotatable bonds is 3. The Morgan fingerprint density at radius 2 is 2.07 bits per heavy atom. The van der Waals surface area contributed by atoms with E-state index >= 15 is 0 Å². The normalized spacial score (nSPS) is 8.93. The zero-order chi connectivity index (χ0) is 9.68. The van der Waals surface area contributed by atoms with Gasteiger partial charge in [0.2, 0.25) is 0 Å². The summed E-state index contributed by atoms with van der Waals surface area (Å²) in [7, 11) is 0. The Labute approximate surface area is 87.9 Å². The van der Waals surface area contributed by atoms with Crippen molar-refractivity contribution in [1.29, 1.82) is 0 Å². The van der Waals surface area contributed by atoms with E-state index in [0.717, 1.165) is 0 Å². The molecule has 0 aliphatic carbocycles. The molecule has 1 amide bonds. The zero-order valence-electron chi connectivity index (χ0n) is 7.47. The molecule has 0 unspecified atom stereocenters. The number of carbonyl (C=O) groups excluding carboxylic acids is 1. The fraction of sp³-hybridized carbons (Fsp3) is 0.250. The van der Waals surface area contributed by atoms with Gasteiger partial charge in [-0.05, 0) is 0 Å². The maximum Gasteiger partial charge on any atom is 0.251 e. The van der Waals surface area contributed by atoms with Crippen molar-refractivity contribution < 1.29 is 9.52 Å². The van der Waals surface area contributed by atoms with Crippen molar-refractivity contribution in [2.45, 2.75) is 0 Å². The molecule has 1 aromatic rings. The van der Waals surface area contributed by atoms with Crippen LogP contribution < -0.4 is 15.8 Å². The molecule has 0 bridgehead atoms. The van der Waals surface area contributed by atoms with Crippen molar-refractivity contribution >= 4 is 18.3 Å². The van der Waals surface area contributed by atoms with Gasteiger partial charge in [0.15, 0.2) is 12.4 Å². The Kier molecular flexibility index (Phi) is 5.59. The van der Waals surface area contributed by atoms with Crippen molar-refractivity contribution in [1.82, 2.24) is 5.32 Å². The second-order valence-electron chi connectivity index (χ2n) is 2.49. The van der Waals surface area contributed by atoms with Gasteiger partial charge < -0.3 is 16.3 Å². The van der Waals surface area contributed by atoms with Crippen LogP contribution in [0.3, 0.4) is 0 Å². The molecule has 1 aromatic heterocycles. The minimum Gasteiger partial charge on any atom is -0.619 e. The number of pyridine rings is 1. The molecule has 0 aliphatic rings. The Bertz CT molecular complexity index is 289. The Balaban J connectivity index is 0.00000169. The van der Waals surface area contributed by atoms with Crippen LogP contribution in [-0.2, 0) is 0 Å². The van der Waals surface area contributed by atoms with E-state index in [1.807, 2.05) is 0 Å². The second kappa shape index (κ2) is 6.17. The lowest BCUT2D eigenvalue weighted by molar-refractivity contribution is -0.605. The molecule has 3 N–H and O–H groups in total. The smallest absolute Gasteiger partial charge is 0.251 e. The third-order valence-electron chi connectivity index (χ3n) is 1.49. The van der Waals surface area contributed by atoms with Gasteiger partial charge in [-0.1, -0.05) is 0 Å². The van der Waals surface area contributed by atoms with Crippen molar-refractivity contribution in [3.63, 3.8) is 0 Å². The van der Waals surface area contributed by atoms with Gasteiger partial charge in [-0.25, -0.2) is 0 Å². The summed E-state index contributed by atoms with van der Waals surface area (Å²) in [6, 6.07) is 2.91. The molecule has 0 atom stereocenters. The van der Waals surface area contributed by atoms with Gasteiger partial charge in [0.1, 0.15) is 0 Å². The first-order chi connectivity index (χ1) is 6.24. The number of nitrogens with zero attached hydrogens (tertiary/aromatic N) is 1. The largest absolute Gasteiger partial charge is 0.619 e. The lowest BCUT2D eigenvalue weighted by Gasteiger charge is -2.02. The van der Waals surface area contributed by atoms with Crippen LogP contribution >= 0.6 is 12.4 Å². The van der Waals surface area contributed by atoms with Crippen LogP contribution in [0.5, 0.6) is 0 Å². The molecule has 0 aliphatic heterocycles. The van der Waals surface area contributed by atoms with Gasteiger partial charge in [-0.3, -0.25) is 4.79 Å². The fourth-order valence-corrected chi connectivity index (χ4v) is 0.852. The van der Waals surface area contributed by atoms with Crippen LogP contribution in [0.2, 0.25) is 0 Å². The average Bonchev–Trinajstić information content (AvgIpc) is 2.15. The van der Waals surface area contributed by atoms with Crippen molar-refractivity contribution in [2.75, 3.05) is 13.1 Å². The molecule has 6 heteroatoms. The number of halogens is 1. The topological polar surface area (TPSA) is 82.1 Å². The SMILES string of the molecule is Cl.NCCNC(=O)c1cc[n+]([O-])cc1.